The van der Waals surface area contributed by atoms with E-state index in [0.717, 1.165) is 16.9 Å². The van der Waals surface area contributed by atoms with Crippen molar-refractivity contribution < 1.29 is 12.8 Å². The van der Waals surface area contributed by atoms with Gasteiger partial charge in [0.25, 0.3) is 0 Å². The summed E-state index contributed by atoms with van der Waals surface area (Å²) >= 11 is 1.52. The summed E-state index contributed by atoms with van der Waals surface area (Å²) in [5.41, 5.74) is 1.67. The van der Waals surface area contributed by atoms with Gasteiger partial charge in [0, 0.05) is 0 Å². The van der Waals surface area contributed by atoms with Crippen LogP contribution in [0.1, 0.15) is 23.4 Å². The fraction of sp³-hybridized carbons (Fsp3) is 0.278. The molecule has 0 aliphatic carbocycles. The Morgan fingerprint density at radius 1 is 1.12 bits per heavy atom. The fourth-order valence-corrected chi connectivity index (χ4v) is 4.55. The standard InChI is InChI=1S/C18H19NO3S2/c1-14-16(19-18(22-14)17-10-5-11-23-17)13-24(20,21)12-6-9-15-7-3-2-4-8-15/h2-5,7-8,10-11H,6,9,12-13H2,1H3. The first kappa shape index (κ1) is 16.9. The van der Waals surface area contributed by atoms with E-state index < -0.39 is 9.84 Å². The Hall–Kier alpha value is -1.92. The first-order valence-electron chi connectivity index (χ1n) is 7.78. The minimum Gasteiger partial charge on any atom is -0.440 e. The average molecular weight is 361 g/mol. The van der Waals surface area contributed by atoms with Gasteiger partial charge in [-0.05, 0) is 36.8 Å². The number of sulfone groups is 1. The molecule has 126 valence electrons. The van der Waals surface area contributed by atoms with Crippen LogP contribution >= 0.6 is 11.3 Å². The van der Waals surface area contributed by atoms with Crippen LogP contribution in [-0.4, -0.2) is 19.2 Å². The Kier molecular flexibility index (Phi) is 5.16. The summed E-state index contributed by atoms with van der Waals surface area (Å²) in [4.78, 5) is 5.28. The molecule has 3 aromatic rings. The van der Waals surface area contributed by atoms with Gasteiger partial charge in [-0.1, -0.05) is 36.4 Å². The number of hydrogen-bond donors (Lipinski definition) is 0. The van der Waals surface area contributed by atoms with E-state index in [2.05, 4.69) is 4.98 Å². The second kappa shape index (κ2) is 7.32. The van der Waals surface area contributed by atoms with Gasteiger partial charge in [-0.2, -0.15) is 0 Å². The van der Waals surface area contributed by atoms with Crippen LogP contribution in [0.5, 0.6) is 0 Å². The van der Waals surface area contributed by atoms with Crippen molar-refractivity contribution in [2.75, 3.05) is 5.75 Å². The third-order valence-electron chi connectivity index (χ3n) is 3.74. The lowest BCUT2D eigenvalue weighted by Gasteiger charge is -2.03. The van der Waals surface area contributed by atoms with E-state index in [1.54, 1.807) is 6.92 Å². The number of aromatic nitrogens is 1. The van der Waals surface area contributed by atoms with Crippen LogP contribution in [0, 0.1) is 6.92 Å². The van der Waals surface area contributed by atoms with Crippen LogP contribution in [0.15, 0.2) is 52.3 Å². The van der Waals surface area contributed by atoms with Crippen molar-refractivity contribution >= 4 is 21.2 Å². The zero-order valence-corrected chi connectivity index (χ0v) is 15.1. The zero-order chi connectivity index (χ0) is 17.0. The maximum Gasteiger partial charge on any atom is 0.236 e. The van der Waals surface area contributed by atoms with Gasteiger partial charge in [0.2, 0.25) is 5.89 Å². The van der Waals surface area contributed by atoms with E-state index in [1.165, 1.54) is 11.3 Å². The highest BCUT2D eigenvalue weighted by Gasteiger charge is 2.19. The van der Waals surface area contributed by atoms with Gasteiger partial charge in [-0.15, -0.1) is 11.3 Å². The largest absolute Gasteiger partial charge is 0.440 e. The molecule has 0 bridgehead atoms. The molecule has 4 nitrogen and oxygen atoms in total. The highest BCUT2D eigenvalue weighted by atomic mass is 32.2. The Morgan fingerprint density at radius 2 is 1.92 bits per heavy atom. The first-order chi connectivity index (χ1) is 11.5. The fourth-order valence-electron chi connectivity index (χ4n) is 2.49. The summed E-state index contributed by atoms with van der Waals surface area (Å²) in [6.45, 7) is 1.76. The van der Waals surface area contributed by atoms with Crippen LogP contribution in [0.25, 0.3) is 10.8 Å². The SMILES string of the molecule is Cc1oc(-c2cccs2)nc1CS(=O)(=O)CCCc1ccccc1. The lowest BCUT2D eigenvalue weighted by Crippen LogP contribution is -2.11. The Labute approximate surface area is 146 Å². The zero-order valence-electron chi connectivity index (χ0n) is 13.4. The van der Waals surface area contributed by atoms with Crippen molar-refractivity contribution in [3.63, 3.8) is 0 Å². The molecule has 2 heterocycles. The molecule has 3 rings (SSSR count). The van der Waals surface area contributed by atoms with Gasteiger partial charge < -0.3 is 4.42 Å². The monoisotopic (exact) mass is 361 g/mol. The topological polar surface area (TPSA) is 60.2 Å². The summed E-state index contributed by atoms with van der Waals surface area (Å²) in [5, 5.41) is 1.94. The van der Waals surface area contributed by atoms with Crippen molar-refractivity contribution in [2.45, 2.75) is 25.5 Å². The normalized spacial score (nSPS) is 11.7. The molecule has 0 saturated carbocycles. The highest BCUT2D eigenvalue weighted by molar-refractivity contribution is 7.90. The molecule has 0 spiro atoms. The first-order valence-corrected chi connectivity index (χ1v) is 10.5. The molecule has 0 unspecified atom stereocenters. The van der Waals surface area contributed by atoms with Crippen LogP contribution < -0.4 is 0 Å². The quantitative estimate of drug-likeness (QED) is 0.631. The van der Waals surface area contributed by atoms with Crippen molar-refractivity contribution in [3.8, 4) is 10.8 Å². The van der Waals surface area contributed by atoms with Crippen LogP contribution in [0.4, 0.5) is 0 Å². The third-order valence-corrected chi connectivity index (χ3v) is 6.23. The molecular weight excluding hydrogens is 342 g/mol. The van der Waals surface area contributed by atoms with Crippen LogP contribution in [0.2, 0.25) is 0 Å². The summed E-state index contributed by atoms with van der Waals surface area (Å²) in [6, 6.07) is 13.7. The molecule has 0 N–H and O–H groups in total. The van der Waals surface area contributed by atoms with Crippen molar-refractivity contribution in [1.82, 2.24) is 4.98 Å². The number of hydrogen-bond acceptors (Lipinski definition) is 5. The van der Waals surface area contributed by atoms with Crippen LogP contribution in [0.3, 0.4) is 0 Å². The molecule has 1 aromatic carbocycles. The van der Waals surface area contributed by atoms with Crippen molar-refractivity contribution in [3.05, 3.63) is 64.9 Å². The van der Waals surface area contributed by atoms with E-state index in [9.17, 15) is 8.42 Å². The van der Waals surface area contributed by atoms with Gasteiger partial charge in [-0.25, -0.2) is 13.4 Å². The molecule has 2 aromatic heterocycles. The number of thiophene rings is 1. The van der Waals surface area contributed by atoms with E-state index in [-0.39, 0.29) is 11.5 Å². The summed E-state index contributed by atoms with van der Waals surface area (Å²) in [6.07, 6.45) is 1.37. The smallest absolute Gasteiger partial charge is 0.236 e. The Balaban J connectivity index is 1.62. The molecule has 0 atom stereocenters. The minimum absolute atomic E-state index is 0.0670. The second-order valence-corrected chi connectivity index (χ2v) is 8.81. The number of benzene rings is 1. The number of aryl methyl sites for hydroxylation is 2. The third kappa shape index (κ3) is 4.33. The average Bonchev–Trinajstić information content (AvgIpc) is 3.18. The molecule has 0 radical (unpaired) electrons. The molecule has 0 aliphatic rings. The lowest BCUT2D eigenvalue weighted by atomic mass is 10.1. The lowest BCUT2D eigenvalue weighted by molar-refractivity contribution is 0.541. The van der Waals surface area contributed by atoms with E-state index in [1.807, 2.05) is 47.8 Å². The van der Waals surface area contributed by atoms with Crippen molar-refractivity contribution in [2.24, 2.45) is 0 Å². The molecular formula is C18H19NO3S2. The molecule has 0 amide bonds. The van der Waals surface area contributed by atoms with Crippen LogP contribution in [-0.2, 0) is 22.0 Å². The van der Waals surface area contributed by atoms with E-state index in [4.69, 9.17) is 4.42 Å². The predicted molar refractivity (Wildman–Crippen MR) is 96.8 cm³/mol. The molecule has 0 aliphatic heterocycles. The number of oxazole rings is 1. The number of rotatable bonds is 7. The van der Waals surface area contributed by atoms with Gasteiger partial charge in [-0.3, -0.25) is 0 Å². The van der Waals surface area contributed by atoms with Gasteiger partial charge in [0.1, 0.15) is 5.76 Å². The van der Waals surface area contributed by atoms with Gasteiger partial charge >= 0.3 is 0 Å². The van der Waals surface area contributed by atoms with E-state index >= 15 is 0 Å². The van der Waals surface area contributed by atoms with E-state index in [0.29, 0.717) is 23.8 Å². The number of nitrogens with zero attached hydrogens (tertiary/aromatic N) is 1. The minimum atomic E-state index is -3.20. The molecule has 0 saturated heterocycles. The van der Waals surface area contributed by atoms with Gasteiger partial charge in [0.05, 0.1) is 22.1 Å². The Bertz CT molecular complexity index is 882. The molecule has 0 fully saturated rings. The van der Waals surface area contributed by atoms with Crippen molar-refractivity contribution in [1.29, 1.82) is 0 Å². The summed E-state index contributed by atoms with van der Waals surface area (Å²) in [7, 11) is -3.20. The second-order valence-electron chi connectivity index (χ2n) is 5.68. The summed E-state index contributed by atoms with van der Waals surface area (Å²) in [5.74, 6) is 1.16. The molecule has 6 heteroatoms. The maximum absolute atomic E-state index is 12.4. The highest BCUT2D eigenvalue weighted by Crippen LogP contribution is 2.26. The Morgan fingerprint density at radius 3 is 2.62 bits per heavy atom. The predicted octanol–water partition coefficient (Wildman–Crippen LogP) is 4.26. The van der Waals surface area contributed by atoms with Gasteiger partial charge in [0.15, 0.2) is 9.84 Å². The summed E-state index contributed by atoms with van der Waals surface area (Å²) < 4.78 is 30.3. The maximum atomic E-state index is 12.4. The molecule has 24 heavy (non-hydrogen) atoms.